The first-order valence-electron chi connectivity index (χ1n) is 5.73. The zero-order valence-corrected chi connectivity index (χ0v) is 10.9. The molecule has 17 heavy (non-hydrogen) atoms. The smallest absolute Gasteiger partial charge is 0.150 e. The van der Waals surface area contributed by atoms with E-state index in [-0.39, 0.29) is 17.8 Å². The quantitative estimate of drug-likeness (QED) is 0.879. The van der Waals surface area contributed by atoms with Crippen LogP contribution in [0.15, 0.2) is 16.6 Å². The number of hydrogen-bond donors (Lipinski definition) is 2. The lowest BCUT2D eigenvalue weighted by Gasteiger charge is -2.27. The Labute approximate surface area is 108 Å². The van der Waals surface area contributed by atoms with Gasteiger partial charge in [0.05, 0.1) is 0 Å². The van der Waals surface area contributed by atoms with Gasteiger partial charge in [-0.15, -0.1) is 0 Å². The Morgan fingerprint density at radius 3 is 2.18 bits per heavy atom. The van der Waals surface area contributed by atoms with Crippen LogP contribution >= 0.6 is 15.9 Å². The minimum atomic E-state index is -0.563. The molecule has 0 saturated heterocycles. The fraction of sp³-hybridized carbons (Fsp3) is 0.500. The first-order chi connectivity index (χ1) is 8.06. The average Bonchev–Trinajstić information content (AvgIpc) is 2.26. The standard InChI is InChI=1S/C12H15BrF2N2/c13-7-5-10(14)12(11(15)6-7)17-9-3-1-8(16)2-4-9/h5-6,8-9,17H,1-4,16H2. The summed E-state index contributed by atoms with van der Waals surface area (Å²) in [5.74, 6) is -1.13. The molecular formula is C12H15BrF2N2. The Hall–Kier alpha value is -0.680. The number of rotatable bonds is 2. The van der Waals surface area contributed by atoms with Crippen molar-refractivity contribution in [1.82, 2.24) is 0 Å². The van der Waals surface area contributed by atoms with Crippen molar-refractivity contribution >= 4 is 21.6 Å². The van der Waals surface area contributed by atoms with E-state index in [1.165, 1.54) is 12.1 Å². The summed E-state index contributed by atoms with van der Waals surface area (Å²) in [6, 6.07) is 2.87. The SMILES string of the molecule is NC1CCC(Nc2c(F)cc(Br)cc2F)CC1. The minimum absolute atomic E-state index is 0.0336. The van der Waals surface area contributed by atoms with E-state index in [9.17, 15) is 8.78 Å². The van der Waals surface area contributed by atoms with Gasteiger partial charge in [0.15, 0.2) is 0 Å². The van der Waals surface area contributed by atoms with Gasteiger partial charge < -0.3 is 11.1 Å². The molecule has 0 atom stereocenters. The Balaban J connectivity index is 2.08. The molecule has 0 unspecified atom stereocenters. The summed E-state index contributed by atoms with van der Waals surface area (Å²) in [4.78, 5) is 0. The Bertz CT molecular complexity index is 380. The molecule has 1 aliphatic rings. The molecule has 1 aliphatic carbocycles. The molecule has 1 saturated carbocycles. The Kier molecular flexibility index (Phi) is 3.99. The molecule has 0 bridgehead atoms. The first kappa shape index (κ1) is 12.8. The van der Waals surface area contributed by atoms with Crippen molar-refractivity contribution in [3.8, 4) is 0 Å². The second-order valence-corrected chi connectivity index (χ2v) is 5.42. The molecule has 0 amide bonds. The van der Waals surface area contributed by atoms with Gasteiger partial charge in [-0.25, -0.2) is 8.78 Å². The van der Waals surface area contributed by atoms with Crippen molar-refractivity contribution in [2.24, 2.45) is 5.73 Å². The van der Waals surface area contributed by atoms with Crippen LogP contribution in [0.4, 0.5) is 14.5 Å². The van der Waals surface area contributed by atoms with Gasteiger partial charge in [-0.05, 0) is 37.8 Å². The lowest BCUT2D eigenvalue weighted by atomic mass is 9.91. The number of hydrogen-bond acceptors (Lipinski definition) is 2. The van der Waals surface area contributed by atoms with Crippen molar-refractivity contribution in [3.05, 3.63) is 28.2 Å². The highest BCUT2D eigenvalue weighted by Crippen LogP contribution is 2.27. The van der Waals surface area contributed by atoms with Gasteiger partial charge in [-0.3, -0.25) is 0 Å². The van der Waals surface area contributed by atoms with E-state index in [4.69, 9.17) is 5.73 Å². The molecule has 0 spiro atoms. The summed E-state index contributed by atoms with van der Waals surface area (Å²) in [7, 11) is 0. The van der Waals surface area contributed by atoms with Gasteiger partial charge in [0.1, 0.15) is 17.3 Å². The van der Waals surface area contributed by atoms with E-state index >= 15 is 0 Å². The van der Waals surface area contributed by atoms with Crippen LogP contribution in [0.25, 0.3) is 0 Å². The molecule has 1 aromatic rings. The zero-order valence-electron chi connectivity index (χ0n) is 9.35. The van der Waals surface area contributed by atoms with E-state index in [0.29, 0.717) is 4.47 Å². The van der Waals surface area contributed by atoms with Crippen LogP contribution in [-0.4, -0.2) is 12.1 Å². The molecule has 1 aromatic carbocycles. The number of benzene rings is 1. The fourth-order valence-electron chi connectivity index (χ4n) is 2.15. The Morgan fingerprint density at radius 2 is 1.65 bits per heavy atom. The summed E-state index contributed by atoms with van der Waals surface area (Å²) >= 11 is 3.06. The summed E-state index contributed by atoms with van der Waals surface area (Å²) in [6.07, 6.45) is 3.51. The van der Waals surface area contributed by atoms with E-state index in [2.05, 4.69) is 21.2 Å². The molecule has 0 heterocycles. The minimum Gasteiger partial charge on any atom is -0.378 e. The molecule has 1 fully saturated rings. The van der Waals surface area contributed by atoms with Crippen molar-refractivity contribution < 1.29 is 8.78 Å². The van der Waals surface area contributed by atoms with E-state index < -0.39 is 11.6 Å². The number of nitrogens with two attached hydrogens (primary N) is 1. The van der Waals surface area contributed by atoms with Crippen LogP contribution in [0.5, 0.6) is 0 Å². The number of nitrogens with one attached hydrogen (secondary N) is 1. The first-order valence-corrected chi connectivity index (χ1v) is 6.52. The second-order valence-electron chi connectivity index (χ2n) is 4.50. The van der Waals surface area contributed by atoms with Crippen molar-refractivity contribution in [1.29, 1.82) is 0 Å². The van der Waals surface area contributed by atoms with Crippen molar-refractivity contribution in [2.45, 2.75) is 37.8 Å². The average molecular weight is 305 g/mol. The van der Waals surface area contributed by atoms with Gasteiger partial charge in [0.2, 0.25) is 0 Å². The highest BCUT2D eigenvalue weighted by atomic mass is 79.9. The maximum Gasteiger partial charge on any atom is 0.150 e. The van der Waals surface area contributed by atoms with Gasteiger partial charge in [-0.1, -0.05) is 15.9 Å². The summed E-state index contributed by atoms with van der Waals surface area (Å²) in [5.41, 5.74) is 5.75. The number of anilines is 1. The van der Waals surface area contributed by atoms with Crippen LogP contribution in [-0.2, 0) is 0 Å². The third-order valence-corrected chi connectivity index (χ3v) is 3.59. The molecule has 0 radical (unpaired) electrons. The second kappa shape index (κ2) is 5.31. The van der Waals surface area contributed by atoms with Crippen molar-refractivity contribution in [2.75, 3.05) is 5.32 Å². The van der Waals surface area contributed by atoms with E-state index in [1.807, 2.05) is 0 Å². The largest absolute Gasteiger partial charge is 0.378 e. The third kappa shape index (κ3) is 3.16. The normalized spacial score (nSPS) is 24.7. The lowest BCUT2D eigenvalue weighted by Crippen LogP contribution is -2.33. The van der Waals surface area contributed by atoms with Crippen LogP contribution < -0.4 is 11.1 Å². The summed E-state index contributed by atoms with van der Waals surface area (Å²) in [5, 5.41) is 2.94. The number of halogens is 3. The van der Waals surface area contributed by atoms with Gasteiger partial charge in [-0.2, -0.15) is 0 Å². The highest BCUT2D eigenvalue weighted by molar-refractivity contribution is 9.10. The molecule has 2 nitrogen and oxygen atoms in total. The maximum atomic E-state index is 13.6. The summed E-state index contributed by atoms with van der Waals surface area (Å²) in [6.45, 7) is 0. The monoisotopic (exact) mass is 304 g/mol. The van der Waals surface area contributed by atoms with Crippen LogP contribution in [0.1, 0.15) is 25.7 Å². The molecular weight excluding hydrogens is 290 g/mol. The Morgan fingerprint density at radius 1 is 1.12 bits per heavy atom. The molecule has 2 rings (SSSR count). The predicted molar refractivity (Wildman–Crippen MR) is 67.9 cm³/mol. The fourth-order valence-corrected chi connectivity index (χ4v) is 2.55. The van der Waals surface area contributed by atoms with Crippen molar-refractivity contribution in [3.63, 3.8) is 0 Å². The van der Waals surface area contributed by atoms with Crippen LogP contribution in [0.2, 0.25) is 0 Å². The van der Waals surface area contributed by atoms with Gasteiger partial charge in [0, 0.05) is 16.6 Å². The molecule has 94 valence electrons. The molecule has 3 N–H and O–H groups in total. The zero-order chi connectivity index (χ0) is 12.4. The predicted octanol–water partition coefficient (Wildman–Crippen LogP) is 3.41. The van der Waals surface area contributed by atoms with E-state index in [0.717, 1.165) is 25.7 Å². The molecule has 0 aromatic heterocycles. The highest BCUT2D eigenvalue weighted by Gasteiger charge is 2.20. The lowest BCUT2D eigenvalue weighted by molar-refractivity contribution is 0.408. The van der Waals surface area contributed by atoms with Gasteiger partial charge >= 0.3 is 0 Å². The van der Waals surface area contributed by atoms with Crippen LogP contribution in [0.3, 0.4) is 0 Å². The molecule has 5 heteroatoms. The topological polar surface area (TPSA) is 38.0 Å². The third-order valence-electron chi connectivity index (χ3n) is 3.13. The van der Waals surface area contributed by atoms with E-state index in [1.54, 1.807) is 0 Å². The van der Waals surface area contributed by atoms with Gasteiger partial charge in [0.25, 0.3) is 0 Å². The maximum absolute atomic E-state index is 13.6. The molecule has 0 aliphatic heterocycles. The summed E-state index contributed by atoms with van der Waals surface area (Å²) < 4.78 is 27.6. The van der Waals surface area contributed by atoms with Crippen LogP contribution in [0, 0.1) is 11.6 Å².